The molecule has 0 heterocycles. The number of esters is 1. The van der Waals surface area contributed by atoms with Crippen molar-refractivity contribution < 1.29 is 24.2 Å². The van der Waals surface area contributed by atoms with Crippen molar-refractivity contribution in [1.82, 2.24) is 5.32 Å². The minimum atomic E-state index is -1.15. The van der Waals surface area contributed by atoms with Gasteiger partial charge < -0.3 is 15.2 Å². The van der Waals surface area contributed by atoms with Crippen LogP contribution in [0, 0.1) is 11.8 Å². The molecule has 1 aliphatic rings. The molecule has 1 saturated carbocycles. The van der Waals surface area contributed by atoms with Crippen molar-refractivity contribution in [3.8, 4) is 0 Å². The van der Waals surface area contributed by atoms with E-state index in [9.17, 15) is 14.4 Å². The largest absolute Gasteiger partial charge is 0.481 e. The first-order chi connectivity index (χ1) is 8.79. The summed E-state index contributed by atoms with van der Waals surface area (Å²) in [7, 11) is 1.25. The molecule has 108 valence electrons. The van der Waals surface area contributed by atoms with Gasteiger partial charge in [0.25, 0.3) is 0 Å². The minimum Gasteiger partial charge on any atom is -0.481 e. The number of carboxylic acids is 1. The molecule has 1 rings (SSSR count). The molecular weight excluding hydrogens is 250 g/mol. The van der Waals surface area contributed by atoms with E-state index in [1.165, 1.54) is 21.0 Å². The first-order valence-corrected chi connectivity index (χ1v) is 6.43. The van der Waals surface area contributed by atoms with Crippen molar-refractivity contribution >= 4 is 17.8 Å². The van der Waals surface area contributed by atoms with Gasteiger partial charge in [-0.25, -0.2) is 4.79 Å². The molecule has 0 spiro atoms. The van der Waals surface area contributed by atoms with E-state index in [1.807, 2.05) is 0 Å². The molecule has 0 aliphatic heterocycles. The normalized spacial score (nSPS) is 23.5. The van der Waals surface area contributed by atoms with Crippen LogP contribution < -0.4 is 5.32 Å². The standard InChI is InChI=1S/C13H21NO5/c1-13(2,12(18)19-3)14-10(15)8-6-4-5-7-9(8)11(16)17/h8-9H,4-7H2,1-3H3,(H,14,15)(H,16,17)/t8-,9+/m1/s1. The summed E-state index contributed by atoms with van der Waals surface area (Å²) >= 11 is 0. The molecule has 0 radical (unpaired) electrons. The summed E-state index contributed by atoms with van der Waals surface area (Å²) in [4.78, 5) is 34.8. The Morgan fingerprint density at radius 3 is 2.16 bits per heavy atom. The van der Waals surface area contributed by atoms with Gasteiger partial charge in [-0.05, 0) is 26.7 Å². The summed E-state index contributed by atoms with van der Waals surface area (Å²) < 4.78 is 4.61. The Labute approximate surface area is 112 Å². The van der Waals surface area contributed by atoms with Gasteiger partial charge in [0.2, 0.25) is 5.91 Å². The molecule has 19 heavy (non-hydrogen) atoms. The number of carbonyl (C=O) groups excluding carboxylic acids is 2. The highest BCUT2D eigenvalue weighted by atomic mass is 16.5. The van der Waals surface area contributed by atoms with Gasteiger partial charge in [0.15, 0.2) is 0 Å². The minimum absolute atomic E-state index is 0.387. The molecule has 1 fully saturated rings. The maximum Gasteiger partial charge on any atom is 0.330 e. The van der Waals surface area contributed by atoms with Crippen LogP contribution in [0.5, 0.6) is 0 Å². The molecule has 2 atom stereocenters. The Kier molecular flexibility index (Phi) is 4.91. The average molecular weight is 271 g/mol. The number of nitrogens with one attached hydrogen (secondary N) is 1. The van der Waals surface area contributed by atoms with Gasteiger partial charge in [-0.3, -0.25) is 9.59 Å². The quantitative estimate of drug-likeness (QED) is 0.742. The lowest BCUT2D eigenvalue weighted by Crippen LogP contribution is -2.53. The van der Waals surface area contributed by atoms with Crippen molar-refractivity contribution in [2.24, 2.45) is 11.8 Å². The number of carbonyl (C=O) groups is 3. The first kappa shape index (κ1) is 15.5. The number of hydrogen-bond donors (Lipinski definition) is 2. The van der Waals surface area contributed by atoms with Crippen LogP contribution in [0.3, 0.4) is 0 Å². The third-order valence-electron chi connectivity index (χ3n) is 3.55. The van der Waals surface area contributed by atoms with E-state index in [2.05, 4.69) is 10.1 Å². The highest BCUT2D eigenvalue weighted by Crippen LogP contribution is 2.30. The molecule has 6 heteroatoms. The zero-order chi connectivity index (χ0) is 14.6. The fourth-order valence-corrected chi connectivity index (χ4v) is 2.45. The second-order valence-electron chi connectivity index (χ2n) is 5.44. The molecule has 0 aromatic carbocycles. The van der Waals surface area contributed by atoms with Gasteiger partial charge >= 0.3 is 11.9 Å². The SMILES string of the molecule is COC(=O)C(C)(C)NC(=O)[C@@H]1CCCC[C@@H]1C(=O)O. The van der Waals surface area contributed by atoms with Crippen molar-refractivity contribution in [3.05, 3.63) is 0 Å². The van der Waals surface area contributed by atoms with E-state index in [1.54, 1.807) is 0 Å². The molecule has 1 aliphatic carbocycles. The fraction of sp³-hybridized carbons (Fsp3) is 0.769. The number of methoxy groups -OCH3 is 1. The molecule has 0 unspecified atom stereocenters. The van der Waals surface area contributed by atoms with Crippen LogP contribution in [-0.2, 0) is 19.1 Å². The third-order valence-corrected chi connectivity index (χ3v) is 3.55. The van der Waals surface area contributed by atoms with E-state index < -0.39 is 29.3 Å². The van der Waals surface area contributed by atoms with Crippen LogP contribution in [0.15, 0.2) is 0 Å². The molecule has 1 amide bonds. The summed E-state index contributed by atoms with van der Waals surface area (Å²) in [6, 6.07) is 0. The fourth-order valence-electron chi connectivity index (χ4n) is 2.45. The lowest BCUT2D eigenvalue weighted by molar-refractivity contribution is -0.152. The predicted molar refractivity (Wildman–Crippen MR) is 67.3 cm³/mol. The second-order valence-corrected chi connectivity index (χ2v) is 5.44. The average Bonchev–Trinajstić information content (AvgIpc) is 2.37. The number of rotatable bonds is 4. The van der Waals surface area contributed by atoms with Gasteiger partial charge in [-0.2, -0.15) is 0 Å². The highest BCUT2D eigenvalue weighted by molar-refractivity contribution is 5.90. The monoisotopic (exact) mass is 271 g/mol. The summed E-state index contributed by atoms with van der Waals surface area (Å²) in [5, 5.41) is 11.7. The van der Waals surface area contributed by atoms with Crippen LogP contribution in [0.25, 0.3) is 0 Å². The van der Waals surface area contributed by atoms with Gasteiger partial charge in [0, 0.05) is 0 Å². The Balaban J connectivity index is 2.75. The van der Waals surface area contributed by atoms with Gasteiger partial charge in [0.05, 0.1) is 18.9 Å². The van der Waals surface area contributed by atoms with Crippen LogP contribution >= 0.6 is 0 Å². The number of hydrogen-bond acceptors (Lipinski definition) is 4. The summed E-state index contributed by atoms with van der Waals surface area (Å²) in [5.41, 5.74) is -1.15. The highest BCUT2D eigenvalue weighted by Gasteiger charge is 2.39. The van der Waals surface area contributed by atoms with Gasteiger partial charge in [0.1, 0.15) is 5.54 Å². The van der Waals surface area contributed by atoms with E-state index in [4.69, 9.17) is 5.11 Å². The van der Waals surface area contributed by atoms with E-state index in [-0.39, 0.29) is 5.91 Å². The second kappa shape index (κ2) is 6.04. The number of aliphatic carboxylic acids is 1. The molecule has 0 aromatic heterocycles. The van der Waals surface area contributed by atoms with Crippen molar-refractivity contribution in [2.75, 3.05) is 7.11 Å². The van der Waals surface area contributed by atoms with Crippen molar-refractivity contribution in [3.63, 3.8) is 0 Å². The van der Waals surface area contributed by atoms with Gasteiger partial charge in [-0.1, -0.05) is 12.8 Å². The summed E-state index contributed by atoms with van der Waals surface area (Å²) in [5.74, 6) is -3.13. The Bertz CT molecular complexity index is 377. The maximum absolute atomic E-state index is 12.2. The zero-order valence-corrected chi connectivity index (χ0v) is 11.6. The van der Waals surface area contributed by atoms with Crippen LogP contribution in [0.4, 0.5) is 0 Å². The molecule has 6 nitrogen and oxygen atoms in total. The zero-order valence-electron chi connectivity index (χ0n) is 11.6. The van der Waals surface area contributed by atoms with E-state index in [0.717, 1.165) is 12.8 Å². The summed E-state index contributed by atoms with van der Waals surface area (Å²) in [6.07, 6.45) is 2.70. The Morgan fingerprint density at radius 1 is 1.16 bits per heavy atom. The van der Waals surface area contributed by atoms with E-state index in [0.29, 0.717) is 12.8 Å². The lowest BCUT2D eigenvalue weighted by atomic mass is 9.78. The smallest absolute Gasteiger partial charge is 0.330 e. The van der Waals surface area contributed by atoms with Crippen LogP contribution in [0.1, 0.15) is 39.5 Å². The number of ether oxygens (including phenoxy) is 1. The predicted octanol–water partition coefficient (Wildman–Crippen LogP) is 0.945. The molecule has 0 bridgehead atoms. The van der Waals surface area contributed by atoms with Gasteiger partial charge in [-0.15, -0.1) is 0 Å². The maximum atomic E-state index is 12.2. The van der Waals surface area contributed by atoms with Crippen molar-refractivity contribution in [1.29, 1.82) is 0 Å². The molecule has 0 aromatic rings. The van der Waals surface area contributed by atoms with Crippen LogP contribution in [0.2, 0.25) is 0 Å². The summed E-state index contributed by atoms with van der Waals surface area (Å²) in [6.45, 7) is 3.07. The Hall–Kier alpha value is -1.59. The third kappa shape index (κ3) is 3.68. The Morgan fingerprint density at radius 2 is 1.68 bits per heavy atom. The molecule has 0 saturated heterocycles. The lowest BCUT2D eigenvalue weighted by Gasteiger charge is -2.31. The molecular formula is C13H21NO5. The molecule has 2 N–H and O–H groups in total. The number of carboxylic acid groups (broad SMARTS) is 1. The topological polar surface area (TPSA) is 92.7 Å². The van der Waals surface area contributed by atoms with Crippen molar-refractivity contribution in [2.45, 2.75) is 45.1 Å². The van der Waals surface area contributed by atoms with Crippen LogP contribution in [-0.4, -0.2) is 35.6 Å². The number of amides is 1. The first-order valence-electron chi connectivity index (χ1n) is 6.43. The van der Waals surface area contributed by atoms with E-state index >= 15 is 0 Å².